The highest BCUT2D eigenvalue weighted by atomic mass is 16.5. The molecule has 2 amide bonds. The molecule has 0 fully saturated rings. The van der Waals surface area contributed by atoms with Crippen LogP contribution in [0, 0.1) is 0 Å². The van der Waals surface area contributed by atoms with E-state index < -0.39 is 6.04 Å². The van der Waals surface area contributed by atoms with E-state index in [2.05, 4.69) is 5.32 Å². The summed E-state index contributed by atoms with van der Waals surface area (Å²) in [6.45, 7) is 2.32. The lowest BCUT2D eigenvalue weighted by molar-refractivity contribution is -0.139. The molecule has 0 aliphatic rings. The van der Waals surface area contributed by atoms with E-state index in [1.54, 1.807) is 19.1 Å². The Morgan fingerprint density at radius 2 is 1.44 bits per heavy atom. The molecule has 0 bridgehead atoms. The molecular formula is C28H32N2O4. The van der Waals surface area contributed by atoms with Gasteiger partial charge in [-0.05, 0) is 35.2 Å². The van der Waals surface area contributed by atoms with Crippen molar-refractivity contribution >= 4 is 11.8 Å². The van der Waals surface area contributed by atoms with Crippen molar-refractivity contribution in [2.24, 2.45) is 0 Å². The second kappa shape index (κ2) is 12.4. The van der Waals surface area contributed by atoms with E-state index in [-0.39, 0.29) is 11.8 Å². The first-order chi connectivity index (χ1) is 16.5. The Morgan fingerprint density at radius 1 is 0.824 bits per heavy atom. The van der Waals surface area contributed by atoms with Crippen LogP contribution in [0.4, 0.5) is 0 Å². The summed E-state index contributed by atoms with van der Waals surface area (Å²) in [4.78, 5) is 27.6. The summed E-state index contributed by atoms with van der Waals surface area (Å²) in [5.41, 5.74) is 3.00. The monoisotopic (exact) mass is 460 g/mol. The number of amides is 2. The van der Waals surface area contributed by atoms with Gasteiger partial charge in [-0.2, -0.15) is 0 Å². The molecule has 1 atom stereocenters. The molecule has 0 spiro atoms. The Balaban J connectivity index is 1.74. The summed E-state index contributed by atoms with van der Waals surface area (Å²) in [6.07, 6.45) is 1.07. The Kier molecular flexibility index (Phi) is 9.09. The summed E-state index contributed by atoms with van der Waals surface area (Å²) in [5, 5.41) is 3.03. The van der Waals surface area contributed by atoms with E-state index in [1.165, 1.54) is 6.92 Å². The van der Waals surface area contributed by atoms with Crippen LogP contribution in [0.15, 0.2) is 78.9 Å². The molecule has 0 aliphatic carbocycles. The van der Waals surface area contributed by atoms with Gasteiger partial charge in [0.05, 0.1) is 14.2 Å². The minimum atomic E-state index is -0.620. The number of carbonyl (C=O) groups is 2. The van der Waals surface area contributed by atoms with Gasteiger partial charge >= 0.3 is 0 Å². The predicted molar refractivity (Wildman–Crippen MR) is 133 cm³/mol. The van der Waals surface area contributed by atoms with Crippen molar-refractivity contribution in [2.45, 2.75) is 32.4 Å². The number of benzene rings is 3. The van der Waals surface area contributed by atoms with Crippen LogP contribution in [0.2, 0.25) is 0 Å². The average Bonchev–Trinajstić information content (AvgIpc) is 2.87. The van der Waals surface area contributed by atoms with Crippen molar-refractivity contribution in [3.63, 3.8) is 0 Å². The first kappa shape index (κ1) is 24.8. The average molecular weight is 461 g/mol. The first-order valence-electron chi connectivity index (χ1n) is 11.4. The largest absolute Gasteiger partial charge is 0.493 e. The molecule has 0 saturated heterocycles. The maximum absolute atomic E-state index is 13.3. The van der Waals surface area contributed by atoms with Crippen LogP contribution in [-0.2, 0) is 29.0 Å². The maximum atomic E-state index is 13.3. The Bertz CT molecular complexity index is 1070. The number of ether oxygens (including phenoxy) is 2. The Labute approximate surface area is 201 Å². The minimum Gasteiger partial charge on any atom is -0.493 e. The Morgan fingerprint density at radius 3 is 2.03 bits per heavy atom. The third-order valence-corrected chi connectivity index (χ3v) is 5.71. The fraction of sp³-hybridized carbons (Fsp3) is 0.286. The van der Waals surface area contributed by atoms with Crippen LogP contribution < -0.4 is 14.8 Å². The van der Waals surface area contributed by atoms with Gasteiger partial charge in [-0.25, -0.2) is 0 Å². The highest BCUT2D eigenvalue weighted by molar-refractivity contribution is 5.87. The van der Waals surface area contributed by atoms with Crippen molar-refractivity contribution in [3.05, 3.63) is 95.6 Å². The van der Waals surface area contributed by atoms with Crippen molar-refractivity contribution < 1.29 is 19.1 Å². The van der Waals surface area contributed by atoms with Gasteiger partial charge in [0.15, 0.2) is 11.5 Å². The maximum Gasteiger partial charge on any atom is 0.243 e. The molecule has 0 saturated carbocycles. The highest BCUT2D eigenvalue weighted by Crippen LogP contribution is 2.27. The topological polar surface area (TPSA) is 67.9 Å². The lowest BCUT2D eigenvalue weighted by Gasteiger charge is -2.30. The van der Waals surface area contributed by atoms with Crippen LogP contribution in [0.1, 0.15) is 23.6 Å². The number of nitrogens with zero attached hydrogens (tertiary/aromatic N) is 1. The summed E-state index contributed by atoms with van der Waals surface area (Å²) >= 11 is 0. The van der Waals surface area contributed by atoms with Crippen molar-refractivity contribution in [1.82, 2.24) is 10.2 Å². The summed E-state index contributed by atoms with van der Waals surface area (Å²) in [6, 6.07) is 24.6. The van der Waals surface area contributed by atoms with E-state index >= 15 is 0 Å². The molecule has 3 aromatic rings. The number of methoxy groups -OCH3 is 2. The summed E-state index contributed by atoms with van der Waals surface area (Å²) in [5.74, 6) is 1.01. The molecule has 0 radical (unpaired) electrons. The molecule has 3 aromatic carbocycles. The molecule has 0 aromatic heterocycles. The van der Waals surface area contributed by atoms with Gasteiger partial charge in [0, 0.05) is 26.4 Å². The highest BCUT2D eigenvalue weighted by Gasteiger charge is 2.28. The summed E-state index contributed by atoms with van der Waals surface area (Å²) in [7, 11) is 3.20. The SMILES string of the molecule is COc1ccc(CCNC(=O)C(Cc2ccccc2)N(Cc2ccccc2)C(C)=O)cc1OC. The molecule has 178 valence electrons. The zero-order valence-electron chi connectivity index (χ0n) is 20.0. The van der Waals surface area contributed by atoms with Gasteiger partial charge in [0.1, 0.15) is 6.04 Å². The number of carbonyl (C=O) groups excluding carboxylic acids is 2. The normalized spacial score (nSPS) is 11.4. The van der Waals surface area contributed by atoms with Gasteiger partial charge < -0.3 is 19.7 Å². The third-order valence-electron chi connectivity index (χ3n) is 5.71. The zero-order valence-corrected chi connectivity index (χ0v) is 20.0. The lowest BCUT2D eigenvalue weighted by Crippen LogP contribution is -2.50. The third kappa shape index (κ3) is 6.85. The fourth-order valence-electron chi connectivity index (χ4n) is 3.89. The van der Waals surface area contributed by atoms with E-state index in [9.17, 15) is 9.59 Å². The molecular weight excluding hydrogens is 428 g/mol. The summed E-state index contributed by atoms with van der Waals surface area (Å²) < 4.78 is 10.7. The van der Waals surface area contributed by atoms with Gasteiger partial charge in [-0.3, -0.25) is 9.59 Å². The number of hydrogen-bond acceptors (Lipinski definition) is 4. The van der Waals surface area contributed by atoms with Crippen molar-refractivity contribution in [3.8, 4) is 11.5 Å². The smallest absolute Gasteiger partial charge is 0.243 e. The molecule has 0 aliphatic heterocycles. The molecule has 1 N–H and O–H groups in total. The van der Waals surface area contributed by atoms with Crippen molar-refractivity contribution in [1.29, 1.82) is 0 Å². The minimum absolute atomic E-state index is 0.139. The first-order valence-corrected chi connectivity index (χ1v) is 11.4. The lowest BCUT2D eigenvalue weighted by atomic mass is 10.0. The molecule has 6 heteroatoms. The molecule has 3 rings (SSSR count). The van der Waals surface area contributed by atoms with E-state index in [4.69, 9.17) is 9.47 Å². The van der Waals surface area contributed by atoms with Crippen LogP contribution >= 0.6 is 0 Å². The Hall–Kier alpha value is -3.80. The quantitative estimate of drug-likeness (QED) is 0.469. The zero-order chi connectivity index (χ0) is 24.3. The number of rotatable bonds is 11. The predicted octanol–water partition coefficient (Wildman–Crippen LogP) is 4.02. The molecule has 1 unspecified atom stereocenters. The van der Waals surface area contributed by atoms with Gasteiger partial charge in [0.25, 0.3) is 0 Å². The number of hydrogen-bond donors (Lipinski definition) is 1. The van der Waals surface area contributed by atoms with Crippen LogP contribution in [0.3, 0.4) is 0 Å². The van der Waals surface area contributed by atoms with Crippen LogP contribution in [-0.4, -0.2) is 43.5 Å². The number of nitrogens with one attached hydrogen (secondary N) is 1. The van der Waals surface area contributed by atoms with E-state index in [1.807, 2.05) is 78.9 Å². The second-order valence-electron chi connectivity index (χ2n) is 8.07. The second-order valence-corrected chi connectivity index (χ2v) is 8.07. The molecule has 34 heavy (non-hydrogen) atoms. The van der Waals surface area contributed by atoms with E-state index in [0.717, 1.165) is 16.7 Å². The van der Waals surface area contributed by atoms with Crippen LogP contribution in [0.25, 0.3) is 0 Å². The van der Waals surface area contributed by atoms with Gasteiger partial charge in [0.2, 0.25) is 11.8 Å². The standard InChI is InChI=1S/C28H32N2O4/c1-21(31)30(20-24-12-8-5-9-13-24)25(18-22-10-6-4-7-11-22)28(32)29-17-16-23-14-15-26(33-2)27(19-23)34-3/h4-15,19,25H,16-18,20H2,1-3H3,(H,29,32). The van der Waals surface area contributed by atoms with Gasteiger partial charge in [-0.1, -0.05) is 66.7 Å². The fourth-order valence-corrected chi connectivity index (χ4v) is 3.89. The van der Waals surface area contributed by atoms with Crippen molar-refractivity contribution in [2.75, 3.05) is 20.8 Å². The molecule has 6 nitrogen and oxygen atoms in total. The molecule has 0 heterocycles. The van der Waals surface area contributed by atoms with Crippen LogP contribution in [0.5, 0.6) is 11.5 Å². The van der Waals surface area contributed by atoms with Gasteiger partial charge in [-0.15, -0.1) is 0 Å². The van der Waals surface area contributed by atoms with E-state index in [0.29, 0.717) is 37.4 Å².